The van der Waals surface area contributed by atoms with Gasteiger partial charge in [0.2, 0.25) is 0 Å². The predicted octanol–water partition coefficient (Wildman–Crippen LogP) is 2.65. The Morgan fingerprint density at radius 2 is 2.25 bits per heavy atom. The molecule has 0 aliphatic carbocycles. The highest BCUT2D eigenvalue weighted by molar-refractivity contribution is 14.0. The van der Waals surface area contributed by atoms with Gasteiger partial charge in [-0.15, -0.1) is 35.3 Å². The molecule has 0 radical (unpaired) electrons. The van der Waals surface area contributed by atoms with Crippen LogP contribution in [-0.2, 0) is 0 Å². The number of nitrogens with zero attached hydrogens (tertiary/aromatic N) is 1. The molecule has 0 fully saturated rings. The molecule has 1 atom stereocenters. The summed E-state index contributed by atoms with van der Waals surface area (Å²) in [6.45, 7) is 6.10. The van der Waals surface area contributed by atoms with E-state index in [0.717, 1.165) is 19.0 Å². The molecular weight excluding hydrogens is 333 g/mol. The van der Waals surface area contributed by atoms with Crippen molar-refractivity contribution in [2.45, 2.75) is 19.8 Å². The molecule has 0 amide bonds. The molecule has 1 aromatic rings. The first kappa shape index (κ1) is 15.7. The van der Waals surface area contributed by atoms with Crippen LogP contribution in [0.15, 0.2) is 22.5 Å². The van der Waals surface area contributed by atoms with Crippen LogP contribution >= 0.6 is 35.3 Å². The lowest BCUT2D eigenvalue weighted by molar-refractivity contribution is 0.712. The Bertz CT molecular complexity index is 298. The molecule has 5 heteroatoms. The number of halogens is 1. The molecule has 16 heavy (non-hydrogen) atoms. The van der Waals surface area contributed by atoms with Crippen molar-refractivity contribution < 1.29 is 0 Å². The lowest BCUT2D eigenvalue weighted by Crippen LogP contribution is -2.38. The molecule has 92 valence electrons. The van der Waals surface area contributed by atoms with E-state index in [1.165, 1.54) is 4.88 Å². The lowest BCUT2D eigenvalue weighted by atomic mass is 10.1. The molecule has 0 aliphatic rings. The lowest BCUT2D eigenvalue weighted by Gasteiger charge is -2.14. The average molecular weight is 353 g/mol. The van der Waals surface area contributed by atoms with Gasteiger partial charge in [-0.1, -0.05) is 13.0 Å². The summed E-state index contributed by atoms with van der Waals surface area (Å²) in [5.74, 6) is 1.40. The Balaban J connectivity index is 0.00000225. The Morgan fingerprint density at radius 1 is 1.50 bits per heavy atom. The van der Waals surface area contributed by atoms with Crippen molar-refractivity contribution in [1.82, 2.24) is 10.6 Å². The van der Waals surface area contributed by atoms with Crippen LogP contribution in [0.1, 0.15) is 24.6 Å². The molecule has 0 bridgehead atoms. The zero-order chi connectivity index (χ0) is 11.1. The van der Waals surface area contributed by atoms with Gasteiger partial charge < -0.3 is 10.6 Å². The number of nitrogens with one attached hydrogen (secondary N) is 2. The van der Waals surface area contributed by atoms with Crippen molar-refractivity contribution in [3.63, 3.8) is 0 Å². The van der Waals surface area contributed by atoms with Gasteiger partial charge in [-0.25, -0.2) is 0 Å². The van der Waals surface area contributed by atoms with Crippen LogP contribution in [0.25, 0.3) is 0 Å². The smallest absolute Gasteiger partial charge is 0.190 e. The Labute approximate surface area is 119 Å². The highest BCUT2D eigenvalue weighted by Crippen LogP contribution is 2.19. The quantitative estimate of drug-likeness (QED) is 0.496. The number of hydrogen-bond acceptors (Lipinski definition) is 2. The third-order valence-corrected chi connectivity index (χ3v) is 3.28. The van der Waals surface area contributed by atoms with Crippen LogP contribution in [0.5, 0.6) is 0 Å². The number of thiophene rings is 1. The summed E-state index contributed by atoms with van der Waals surface area (Å²) in [4.78, 5) is 5.54. The minimum atomic E-state index is 0. The predicted molar refractivity (Wildman–Crippen MR) is 83.2 cm³/mol. The first-order valence-electron chi connectivity index (χ1n) is 5.25. The van der Waals surface area contributed by atoms with E-state index in [1.54, 1.807) is 18.4 Å². The van der Waals surface area contributed by atoms with Crippen molar-refractivity contribution in [2.24, 2.45) is 4.99 Å². The third kappa shape index (κ3) is 5.16. The maximum atomic E-state index is 4.13. The fourth-order valence-corrected chi connectivity index (χ4v) is 2.10. The van der Waals surface area contributed by atoms with E-state index in [-0.39, 0.29) is 24.0 Å². The SMILES string of the molecule is CCNC(=NC)NCC(C)c1cccs1.I. The first-order valence-corrected chi connectivity index (χ1v) is 6.13. The monoisotopic (exact) mass is 353 g/mol. The fourth-order valence-electron chi connectivity index (χ4n) is 1.31. The van der Waals surface area contributed by atoms with Crippen LogP contribution in [0.2, 0.25) is 0 Å². The second-order valence-electron chi connectivity index (χ2n) is 3.40. The molecule has 1 rings (SSSR count). The van der Waals surface area contributed by atoms with E-state index in [1.807, 2.05) is 0 Å². The van der Waals surface area contributed by atoms with Gasteiger partial charge >= 0.3 is 0 Å². The molecule has 1 unspecified atom stereocenters. The van der Waals surface area contributed by atoms with E-state index in [0.29, 0.717) is 5.92 Å². The summed E-state index contributed by atoms with van der Waals surface area (Å²) in [5, 5.41) is 8.60. The van der Waals surface area contributed by atoms with Gasteiger partial charge in [-0.3, -0.25) is 4.99 Å². The summed E-state index contributed by atoms with van der Waals surface area (Å²) in [6, 6.07) is 4.27. The highest BCUT2D eigenvalue weighted by Gasteiger charge is 2.06. The van der Waals surface area contributed by atoms with Gasteiger partial charge in [0.15, 0.2) is 5.96 Å². The van der Waals surface area contributed by atoms with E-state index >= 15 is 0 Å². The van der Waals surface area contributed by atoms with E-state index in [9.17, 15) is 0 Å². The summed E-state index contributed by atoms with van der Waals surface area (Å²) in [6.07, 6.45) is 0. The average Bonchev–Trinajstić information content (AvgIpc) is 2.77. The molecule has 0 spiro atoms. The zero-order valence-electron chi connectivity index (χ0n) is 9.99. The van der Waals surface area contributed by atoms with Crippen molar-refractivity contribution in [3.8, 4) is 0 Å². The van der Waals surface area contributed by atoms with Crippen LogP contribution < -0.4 is 10.6 Å². The summed E-state index contributed by atoms with van der Waals surface area (Å²) in [5.41, 5.74) is 0. The Kier molecular flexibility index (Phi) is 8.64. The topological polar surface area (TPSA) is 36.4 Å². The summed E-state index contributed by atoms with van der Waals surface area (Å²) < 4.78 is 0. The zero-order valence-corrected chi connectivity index (χ0v) is 13.1. The molecule has 1 aromatic heterocycles. The van der Waals surface area contributed by atoms with Gasteiger partial charge in [0.25, 0.3) is 0 Å². The van der Waals surface area contributed by atoms with Crippen molar-refractivity contribution in [3.05, 3.63) is 22.4 Å². The minimum Gasteiger partial charge on any atom is -0.357 e. The van der Waals surface area contributed by atoms with E-state index in [4.69, 9.17) is 0 Å². The number of rotatable bonds is 4. The third-order valence-electron chi connectivity index (χ3n) is 2.17. The summed E-state index contributed by atoms with van der Waals surface area (Å²) >= 11 is 1.80. The van der Waals surface area contributed by atoms with E-state index in [2.05, 4.69) is 47.0 Å². The number of aliphatic imine (C=N–C) groups is 1. The number of guanidine groups is 1. The Hall–Kier alpha value is -0.300. The molecule has 0 aromatic carbocycles. The molecule has 3 nitrogen and oxygen atoms in total. The van der Waals surface area contributed by atoms with Crippen LogP contribution in [0, 0.1) is 0 Å². The first-order chi connectivity index (χ1) is 7.27. The largest absolute Gasteiger partial charge is 0.357 e. The Morgan fingerprint density at radius 3 is 2.75 bits per heavy atom. The molecule has 1 heterocycles. The molecular formula is C11H20IN3S. The van der Waals surface area contributed by atoms with Crippen molar-refractivity contribution >= 4 is 41.3 Å². The molecule has 0 saturated carbocycles. The standard InChI is InChI=1S/C11H19N3S.HI/c1-4-13-11(12-3)14-8-9(2)10-6-5-7-15-10;/h5-7,9H,4,8H2,1-3H3,(H2,12,13,14);1H. The maximum Gasteiger partial charge on any atom is 0.190 e. The summed E-state index contributed by atoms with van der Waals surface area (Å²) in [7, 11) is 1.79. The van der Waals surface area contributed by atoms with Gasteiger partial charge in [-0.05, 0) is 18.4 Å². The van der Waals surface area contributed by atoms with Gasteiger partial charge in [0, 0.05) is 30.9 Å². The fraction of sp³-hybridized carbons (Fsp3) is 0.545. The van der Waals surface area contributed by atoms with Crippen LogP contribution in [0.4, 0.5) is 0 Å². The molecule has 0 saturated heterocycles. The highest BCUT2D eigenvalue weighted by atomic mass is 127. The van der Waals surface area contributed by atoms with Crippen LogP contribution in [-0.4, -0.2) is 26.1 Å². The van der Waals surface area contributed by atoms with Gasteiger partial charge in [0.1, 0.15) is 0 Å². The van der Waals surface area contributed by atoms with Crippen LogP contribution in [0.3, 0.4) is 0 Å². The van der Waals surface area contributed by atoms with Gasteiger partial charge in [0.05, 0.1) is 0 Å². The normalized spacial score (nSPS) is 12.8. The number of hydrogen-bond donors (Lipinski definition) is 2. The van der Waals surface area contributed by atoms with E-state index < -0.39 is 0 Å². The second kappa shape index (κ2) is 8.81. The molecule has 0 aliphatic heterocycles. The minimum absolute atomic E-state index is 0. The van der Waals surface area contributed by atoms with Crippen molar-refractivity contribution in [2.75, 3.05) is 20.1 Å². The second-order valence-corrected chi connectivity index (χ2v) is 4.38. The molecule has 2 N–H and O–H groups in total. The maximum absolute atomic E-state index is 4.13. The van der Waals surface area contributed by atoms with Gasteiger partial charge in [-0.2, -0.15) is 0 Å². The van der Waals surface area contributed by atoms with Crippen molar-refractivity contribution in [1.29, 1.82) is 0 Å².